The summed E-state index contributed by atoms with van der Waals surface area (Å²) < 4.78 is 61.7. The number of imide groups is 1. The van der Waals surface area contributed by atoms with Crippen LogP contribution in [0, 0.1) is 0 Å². The van der Waals surface area contributed by atoms with Gasteiger partial charge in [0.25, 0.3) is 15.7 Å². The molecule has 1 saturated carbocycles. The Morgan fingerprint density at radius 2 is 1.64 bits per heavy atom. The van der Waals surface area contributed by atoms with Crippen molar-refractivity contribution >= 4 is 27.5 Å². The summed E-state index contributed by atoms with van der Waals surface area (Å²) >= 11 is 0. The summed E-state index contributed by atoms with van der Waals surface area (Å²) in [5.41, 5.74) is -4.89. The molecule has 3 amide bonds. The highest BCUT2D eigenvalue weighted by molar-refractivity contribution is 7.92. The quantitative estimate of drug-likeness (QED) is 0.612. The third-order valence-corrected chi connectivity index (χ3v) is 7.52. The lowest BCUT2D eigenvalue weighted by molar-refractivity contribution is -0.120. The maximum absolute atomic E-state index is 13.3. The number of carbonyl (C=O) groups excluding carboxylic acids is 2. The van der Waals surface area contributed by atoms with E-state index in [1.165, 1.54) is 4.90 Å². The Morgan fingerprint density at radius 3 is 2.15 bits per heavy atom. The minimum Gasteiger partial charge on any atom is -0.305 e. The highest BCUT2D eigenvalue weighted by Gasteiger charge is 2.65. The van der Waals surface area contributed by atoms with Crippen LogP contribution in [0.3, 0.4) is 0 Å². The molecule has 1 saturated heterocycles. The van der Waals surface area contributed by atoms with Gasteiger partial charge in [0, 0.05) is 18.9 Å². The predicted octanol–water partition coefficient (Wildman–Crippen LogP) is 4.17. The van der Waals surface area contributed by atoms with Gasteiger partial charge < -0.3 is 4.90 Å². The van der Waals surface area contributed by atoms with Crippen LogP contribution in [0.2, 0.25) is 0 Å². The van der Waals surface area contributed by atoms with Crippen LogP contribution < -0.4 is 4.90 Å². The topological polar surface area (TPSA) is 87.7 Å². The Kier molecular flexibility index (Phi) is 5.12. The lowest BCUT2D eigenvalue weighted by Crippen LogP contribution is -2.37. The third kappa shape index (κ3) is 3.68. The average Bonchev–Trinajstić information content (AvgIpc) is 3.49. The van der Waals surface area contributed by atoms with E-state index in [0.717, 1.165) is 40.3 Å². The average molecular weight is 481 g/mol. The monoisotopic (exact) mass is 481 g/mol. The second-order valence-corrected chi connectivity index (χ2v) is 11.2. The smallest absolute Gasteiger partial charge is 0.305 e. The fourth-order valence-electron chi connectivity index (χ4n) is 4.08. The van der Waals surface area contributed by atoms with Gasteiger partial charge in [-0.25, -0.2) is 18.1 Å². The van der Waals surface area contributed by atoms with Gasteiger partial charge in [0.15, 0.2) is 0 Å². The van der Waals surface area contributed by atoms with Crippen LogP contribution in [-0.4, -0.2) is 41.3 Å². The lowest BCUT2D eigenvalue weighted by Gasteiger charge is -2.27. The van der Waals surface area contributed by atoms with E-state index in [2.05, 4.69) is 4.98 Å². The maximum atomic E-state index is 13.3. The van der Waals surface area contributed by atoms with Crippen LogP contribution in [0.5, 0.6) is 0 Å². The Morgan fingerprint density at radius 1 is 1.03 bits per heavy atom. The highest BCUT2D eigenvalue weighted by Crippen LogP contribution is 2.50. The number of amides is 3. The van der Waals surface area contributed by atoms with Gasteiger partial charge in [0.05, 0.1) is 10.6 Å². The van der Waals surface area contributed by atoms with E-state index in [9.17, 15) is 31.2 Å². The van der Waals surface area contributed by atoms with Gasteiger partial charge in [-0.15, -0.1) is 0 Å². The number of pyridine rings is 1. The zero-order valence-electron chi connectivity index (χ0n) is 18.2. The molecule has 7 nitrogen and oxygen atoms in total. The molecule has 1 spiro atoms. The van der Waals surface area contributed by atoms with Crippen molar-refractivity contribution in [2.24, 2.45) is 0 Å². The molecule has 1 aromatic heterocycles. The summed E-state index contributed by atoms with van der Waals surface area (Å²) in [6, 6.07) is 4.79. The summed E-state index contributed by atoms with van der Waals surface area (Å²) in [7, 11) is -5.53. The summed E-state index contributed by atoms with van der Waals surface area (Å²) in [6.45, 7) is 6.22. The first-order chi connectivity index (χ1) is 15.2. The van der Waals surface area contributed by atoms with Crippen molar-refractivity contribution in [3.05, 3.63) is 53.9 Å². The summed E-state index contributed by atoms with van der Waals surface area (Å²) in [4.78, 5) is 32.1. The van der Waals surface area contributed by atoms with E-state index >= 15 is 0 Å². The minimum absolute atomic E-state index is 0.0191. The number of alkyl halides is 3. The molecule has 0 radical (unpaired) electrons. The number of benzene rings is 1. The van der Waals surface area contributed by atoms with Crippen molar-refractivity contribution in [1.82, 2.24) is 9.88 Å². The number of aromatic nitrogens is 1. The molecule has 0 atom stereocenters. The molecular formula is C22H22F3N3O4S. The van der Waals surface area contributed by atoms with Gasteiger partial charge in [-0.05, 0) is 59.7 Å². The number of halogens is 3. The fraction of sp³-hybridized carbons (Fsp3) is 0.409. The van der Waals surface area contributed by atoms with Gasteiger partial charge in [0.2, 0.25) is 0 Å². The number of urea groups is 1. The Bertz CT molecular complexity index is 1230. The van der Waals surface area contributed by atoms with Gasteiger partial charge in [-0.3, -0.25) is 9.78 Å². The second-order valence-electron chi connectivity index (χ2n) is 9.27. The molecule has 2 heterocycles. The van der Waals surface area contributed by atoms with Crippen molar-refractivity contribution in [3.63, 3.8) is 0 Å². The van der Waals surface area contributed by atoms with Crippen LogP contribution in [0.1, 0.15) is 44.7 Å². The summed E-state index contributed by atoms with van der Waals surface area (Å²) in [5, 5.41) is 0. The Hall–Kier alpha value is -2.95. The number of hydrogen-bond acceptors (Lipinski definition) is 5. The Labute approximate surface area is 189 Å². The molecular weight excluding hydrogens is 459 g/mol. The van der Waals surface area contributed by atoms with E-state index in [1.54, 1.807) is 18.5 Å². The molecule has 0 N–H and O–H groups in total. The van der Waals surface area contributed by atoms with Gasteiger partial charge in [0.1, 0.15) is 5.54 Å². The van der Waals surface area contributed by atoms with Crippen molar-refractivity contribution in [2.45, 2.75) is 61.5 Å². The molecule has 33 heavy (non-hydrogen) atoms. The molecule has 1 aromatic carbocycles. The Balaban J connectivity index is 1.66. The highest BCUT2D eigenvalue weighted by atomic mass is 32.2. The molecule has 1 aliphatic heterocycles. The van der Waals surface area contributed by atoms with Crippen LogP contribution in [0.15, 0.2) is 47.6 Å². The van der Waals surface area contributed by atoms with Gasteiger partial charge >= 0.3 is 11.5 Å². The second kappa shape index (κ2) is 7.28. The molecule has 0 bridgehead atoms. The predicted molar refractivity (Wildman–Crippen MR) is 113 cm³/mol. The number of rotatable bonds is 4. The first-order valence-corrected chi connectivity index (χ1v) is 11.7. The van der Waals surface area contributed by atoms with E-state index in [1.807, 2.05) is 20.8 Å². The normalized spacial score (nSPS) is 18.4. The molecule has 2 fully saturated rings. The lowest BCUT2D eigenvalue weighted by atomic mass is 9.85. The van der Waals surface area contributed by atoms with Crippen molar-refractivity contribution in [3.8, 4) is 0 Å². The van der Waals surface area contributed by atoms with E-state index in [-0.39, 0.29) is 17.6 Å². The molecule has 2 aliphatic rings. The minimum atomic E-state index is -5.53. The molecule has 11 heteroatoms. The number of nitrogens with zero attached hydrogens (tertiary/aromatic N) is 3. The van der Waals surface area contributed by atoms with E-state index in [4.69, 9.17) is 0 Å². The zero-order valence-corrected chi connectivity index (χ0v) is 19.0. The summed E-state index contributed by atoms with van der Waals surface area (Å²) in [5.74, 6) is -0.467. The van der Waals surface area contributed by atoms with Crippen molar-refractivity contribution in [2.75, 3.05) is 4.90 Å². The van der Waals surface area contributed by atoms with Crippen LogP contribution >= 0.6 is 0 Å². The summed E-state index contributed by atoms with van der Waals surface area (Å²) in [6.07, 6.45) is 4.30. The molecule has 176 valence electrons. The number of carbonyl (C=O) groups is 2. The van der Waals surface area contributed by atoms with Crippen LogP contribution in [0.25, 0.3) is 0 Å². The number of sulfone groups is 1. The molecule has 2 aromatic rings. The van der Waals surface area contributed by atoms with Gasteiger partial charge in [-0.1, -0.05) is 20.8 Å². The zero-order chi connectivity index (χ0) is 24.4. The first-order valence-electron chi connectivity index (χ1n) is 10.2. The van der Waals surface area contributed by atoms with Gasteiger partial charge in [-0.2, -0.15) is 13.2 Å². The standard InChI is InChI=1S/C22H22F3N3O4S/c1-20(2,3)17-12-26-11-8-14(17)13-27-19(30)28(18(29)21(27)9-10-21)15-4-6-16(7-5-15)33(31,32)22(23,24)25/h4-8,11-12H,9-10,13H2,1-3H3. The fourth-order valence-corrected chi connectivity index (χ4v) is 4.84. The van der Waals surface area contributed by atoms with Crippen molar-refractivity contribution < 1.29 is 31.2 Å². The molecule has 4 rings (SSSR count). The molecule has 1 aliphatic carbocycles. The van der Waals surface area contributed by atoms with E-state index in [0.29, 0.717) is 12.8 Å². The van der Waals surface area contributed by atoms with Crippen molar-refractivity contribution in [1.29, 1.82) is 0 Å². The van der Waals surface area contributed by atoms with Crippen LogP contribution in [0.4, 0.5) is 23.7 Å². The van der Waals surface area contributed by atoms with E-state index < -0.39 is 37.7 Å². The largest absolute Gasteiger partial charge is 0.501 e. The molecule has 0 unspecified atom stereocenters. The number of anilines is 1. The van der Waals surface area contributed by atoms with Crippen LogP contribution in [-0.2, 0) is 26.6 Å². The number of hydrogen-bond donors (Lipinski definition) is 0. The SMILES string of the molecule is CC(C)(C)c1cnccc1CN1C(=O)N(c2ccc(S(=O)(=O)C(F)(F)F)cc2)C(=O)C12CC2. The third-order valence-electron chi connectivity index (χ3n) is 6.02. The maximum Gasteiger partial charge on any atom is 0.501 e. The first kappa shape index (κ1) is 23.2.